The third kappa shape index (κ3) is 2.98. The van der Waals surface area contributed by atoms with E-state index in [0.717, 1.165) is 0 Å². The molecule has 0 aliphatic carbocycles. The SMILES string of the molecule is CCOC(=O)C(=O)c1c(Br)cc(C=O)c(OC)c1OC. The Hall–Kier alpha value is -1.89. The summed E-state index contributed by atoms with van der Waals surface area (Å²) in [5, 5.41) is 0. The Balaban J connectivity index is 3.50. The zero-order chi connectivity index (χ0) is 15.3. The fourth-order valence-corrected chi connectivity index (χ4v) is 2.24. The van der Waals surface area contributed by atoms with Crippen molar-refractivity contribution in [3.63, 3.8) is 0 Å². The van der Waals surface area contributed by atoms with Gasteiger partial charge in [0.2, 0.25) is 0 Å². The molecule has 0 spiro atoms. The molecule has 108 valence electrons. The van der Waals surface area contributed by atoms with Crippen molar-refractivity contribution >= 4 is 34.0 Å². The van der Waals surface area contributed by atoms with Gasteiger partial charge < -0.3 is 14.2 Å². The second kappa shape index (κ2) is 7.04. The van der Waals surface area contributed by atoms with E-state index < -0.39 is 11.8 Å². The highest BCUT2D eigenvalue weighted by Crippen LogP contribution is 2.39. The molecule has 1 rings (SSSR count). The lowest BCUT2D eigenvalue weighted by atomic mass is 10.1. The average molecular weight is 345 g/mol. The number of aldehydes is 1. The van der Waals surface area contributed by atoms with Gasteiger partial charge in [0.25, 0.3) is 5.78 Å². The molecule has 7 heteroatoms. The van der Waals surface area contributed by atoms with E-state index in [1.54, 1.807) is 6.92 Å². The van der Waals surface area contributed by atoms with Crippen molar-refractivity contribution in [1.82, 2.24) is 0 Å². The summed E-state index contributed by atoms with van der Waals surface area (Å²) in [5.74, 6) is -1.81. The normalized spacial score (nSPS) is 9.80. The maximum absolute atomic E-state index is 12.1. The van der Waals surface area contributed by atoms with E-state index in [1.165, 1.54) is 20.3 Å². The van der Waals surface area contributed by atoms with Crippen LogP contribution in [-0.4, -0.2) is 38.9 Å². The van der Waals surface area contributed by atoms with Gasteiger partial charge in [-0.05, 0) is 28.9 Å². The number of methoxy groups -OCH3 is 2. The van der Waals surface area contributed by atoms with Crippen molar-refractivity contribution in [2.45, 2.75) is 6.92 Å². The highest BCUT2D eigenvalue weighted by Gasteiger charge is 2.28. The van der Waals surface area contributed by atoms with Crippen molar-refractivity contribution in [3.05, 3.63) is 21.7 Å². The van der Waals surface area contributed by atoms with Gasteiger partial charge in [-0.1, -0.05) is 0 Å². The number of carbonyl (C=O) groups is 3. The molecule has 0 heterocycles. The Kier molecular flexibility index (Phi) is 5.69. The van der Waals surface area contributed by atoms with Crippen LogP contribution in [0.1, 0.15) is 27.6 Å². The minimum absolute atomic E-state index is 0.00188. The number of halogens is 1. The number of benzene rings is 1. The summed E-state index contributed by atoms with van der Waals surface area (Å²) >= 11 is 3.14. The molecule has 1 aromatic rings. The lowest BCUT2D eigenvalue weighted by Crippen LogP contribution is -2.19. The molecule has 0 saturated carbocycles. The summed E-state index contributed by atoms with van der Waals surface area (Å²) in [6.07, 6.45) is 0.560. The van der Waals surface area contributed by atoms with Gasteiger partial charge in [-0.25, -0.2) is 4.79 Å². The molecule has 20 heavy (non-hydrogen) atoms. The maximum Gasteiger partial charge on any atom is 0.379 e. The highest BCUT2D eigenvalue weighted by atomic mass is 79.9. The van der Waals surface area contributed by atoms with Crippen LogP contribution < -0.4 is 9.47 Å². The molecular weight excluding hydrogens is 332 g/mol. The number of Topliss-reactive ketones (excluding diaryl/α,β-unsaturated/α-hetero) is 1. The van der Waals surface area contributed by atoms with Crippen LogP contribution in [0.25, 0.3) is 0 Å². The summed E-state index contributed by atoms with van der Waals surface area (Å²) in [6, 6.07) is 1.38. The largest absolute Gasteiger partial charge is 0.492 e. The van der Waals surface area contributed by atoms with Crippen LogP contribution in [0.4, 0.5) is 0 Å². The molecule has 0 aromatic heterocycles. The van der Waals surface area contributed by atoms with E-state index in [1.807, 2.05) is 0 Å². The number of rotatable bonds is 6. The zero-order valence-corrected chi connectivity index (χ0v) is 12.8. The smallest absolute Gasteiger partial charge is 0.379 e. The molecule has 0 saturated heterocycles. The maximum atomic E-state index is 12.1. The molecule has 0 unspecified atom stereocenters. The Bertz CT molecular complexity index is 552. The molecule has 0 N–H and O–H groups in total. The Morgan fingerprint density at radius 1 is 1.25 bits per heavy atom. The van der Waals surface area contributed by atoms with Crippen LogP contribution in [0, 0.1) is 0 Å². The van der Waals surface area contributed by atoms with E-state index in [0.29, 0.717) is 6.29 Å². The van der Waals surface area contributed by atoms with Crippen molar-refractivity contribution in [2.24, 2.45) is 0 Å². The Labute approximate surface area is 124 Å². The van der Waals surface area contributed by atoms with Crippen molar-refractivity contribution < 1.29 is 28.6 Å². The van der Waals surface area contributed by atoms with Gasteiger partial charge in [-0.3, -0.25) is 9.59 Å². The third-order valence-corrected chi connectivity index (χ3v) is 3.07. The van der Waals surface area contributed by atoms with Crippen LogP contribution in [0.3, 0.4) is 0 Å². The molecule has 0 amide bonds. The van der Waals surface area contributed by atoms with Crippen LogP contribution in [0.2, 0.25) is 0 Å². The number of carbonyl (C=O) groups excluding carboxylic acids is 3. The van der Waals surface area contributed by atoms with Crippen molar-refractivity contribution in [1.29, 1.82) is 0 Å². The van der Waals surface area contributed by atoms with Crippen LogP contribution >= 0.6 is 15.9 Å². The second-order valence-electron chi connectivity index (χ2n) is 3.56. The van der Waals surface area contributed by atoms with E-state index in [9.17, 15) is 14.4 Å². The standard InChI is InChI=1S/C13H13BrO6/c1-4-20-13(17)10(16)9-8(14)5-7(6-15)11(18-2)12(9)19-3/h5-6H,4H2,1-3H3. The minimum atomic E-state index is -1.01. The van der Waals surface area contributed by atoms with Gasteiger partial charge in [-0.15, -0.1) is 0 Å². The fraction of sp³-hybridized carbons (Fsp3) is 0.308. The van der Waals surface area contributed by atoms with E-state index >= 15 is 0 Å². The van der Waals surface area contributed by atoms with Gasteiger partial charge >= 0.3 is 5.97 Å². The molecule has 1 aromatic carbocycles. The van der Waals surface area contributed by atoms with Crippen LogP contribution in [0.5, 0.6) is 11.5 Å². The van der Waals surface area contributed by atoms with Gasteiger partial charge in [0.05, 0.1) is 32.0 Å². The number of hydrogen-bond donors (Lipinski definition) is 0. The lowest BCUT2D eigenvalue weighted by Gasteiger charge is -2.15. The molecule has 6 nitrogen and oxygen atoms in total. The van der Waals surface area contributed by atoms with E-state index in [2.05, 4.69) is 20.7 Å². The molecule has 0 fully saturated rings. The Morgan fingerprint density at radius 3 is 2.30 bits per heavy atom. The van der Waals surface area contributed by atoms with Crippen molar-refractivity contribution in [3.8, 4) is 11.5 Å². The number of ether oxygens (including phenoxy) is 3. The molecule has 0 atom stereocenters. The number of esters is 1. The van der Waals surface area contributed by atoms with E-state index in [-0.39, 0.29) is 33.7 Å². The molecule has 0 radical (unpaired) electrons. The van der Waals surface area contributed by atoms with Crippen LogP contribution in [0.15, 0.2) is 10.5 Å². The first kappa shape index (κ1) is 16.2. The van der Waals surface area contributed by atoms with Gasteiger partial charge in [0.1, 0.15) is 0 Å². The average Bonchev–Trinajstić information content (AvgIpc) is 2.45. The third-order valence-electron chi connectivity index (χ3n) is 2.44. The predicted octanol–water partition coefficient (Wildman–Crippen LogP) is 2.02. The second-order valence-corrected chi connectivity index (χ2v) is 4.41. The van der Waals surface area contributed by atoms with E-state index in [4.69, 9.17) is 9.47 Å². The van der Waals surface area contributed by atoms with Gasteiger partial charge in [0.15, 0.2) is 17.8 Å². The van der Waals surface area contributed by atoms with Gasteiger partial charge in [-0.2, -0.15) is 0 Å². The first-order valence-corrected chi connectivity index (χ1v) is 6.42. The molecule has 0 bridgehead atoms. The summed E-state index contributed by atoms with van der Waals surface area (Å²) in [7, 11) is 2.64. The highest BCUT2D eigenvalue weighted by molar-refractivity contribution is 9.10. The first-order valence-electron chi connectivity index (χ1n) is 5.62. The summed E-state index contributed by atoms with van der Waals surface area (Å²) in [4.78, 5) is 34.6. The lowest BCUT2D eigenvalue weighted by molar-refractivity contribution is -0.137. The van der Waals surface area contributed by atoms with Gasteiger partial charge in [0, 0.05) is 4.47 Å². The minimum Gasteiger partial charge on any atom is -0.492 e. The summed E-state index contributed by atoms with van der Waals surface area (Å²) < 4.78 is 15.1. The van der Waals surface area contributed by atoms with Crippen LogP contribution in [-0.2, 0) is 9.53 Å². The fourth-order valence-electron chi connectivity index (χ4n) is 1.63. The van der Waals surface area contributed by atoms with Crippen molar-refractivity contribution in [2.75, 3.05) is 20.8 Å². The number of hydrogen-bond acceptors (Lipinski definition) is 6. The number of ketones is 1. The topological polar surface area (TPSA) is 78.9 Å². The first-order chi connectivity index (χ1) is 9.51. The Morgan fingerprint density at radius 2 is 1.85 bits per heavy atom. The monoisotopic (exact) mass is 344 g/mol. The summed E-state index contributed by atoms with van der Waals surface area (Å²) in [5.41, 5.74) is 0.144. The molecular formula is C13H13BrO6. The molecule has 0 aliphatic rings. The zero-order valence-electron chi connectivity index (χ0n) is 11.2. The molecule has 0 aliphatic heterocycles. The quantitative estimate of drug-likeness (QED) is 0.340. The predicted molar refractivity (Wildman–Crippen MR) is 73.6 cm³/mol. The summed E-state index contributed by atoms with van der Waals surface area (Å²) in [6.45, 7) is 1.67.